The van der Waals surface area contributed by atoms with Gasteiger partial charge in [-0.05, 0) is 0 Å². The van der Waals surface area contributed by atoms with Crippen LogP contribution in [0.4, 0.5) is 0 Å². The zero-order valence-corrected chi connectivity index (χ0v) is 10.5. The highest BCUT2D eigenvalue weighted by Gasteiger charge is 2.18. The third-order valence-electron chi connectivity index (χ3n) is 2.19. The molecule has 0 radical (unpaired) electrons. The van der Waals surface area contributed by atoms with Crippen molar-refractivity contribution >= 4 is 9.84 Å². The lowest BCUT2D eigenvalue weighted by Gasteiger charge is -2.03. The topological polar surface area (TPSA) is 128 Å². The standard InChI is InChI=1S/C9H13N5O3S/c1-18(15,16)4-8-13-9(17-14-8)7(10)2-6-3-11-5-12-6/h3,5,7H,2,4,10H2,1H3,(H,11,12). The predicted molar refractivity (Wildman–Crippen MR) is 62.1 cm³/mol. The number of rotatable bonds is 5. The average molecular weight is 271 g/mol. The molecular formula is C9H13N5O3S. The first-order valence-corrected chi connectivity index (χ1v) is 7.23. The molecule has 0 aliphatic carbocycles. The highest BCUT2D eigenvalue weighted by molar-refractivity contribution is 7.89. The average Bonchev–Trinajstić information content (AvgIpc) is 2.86. The normalized spacial score (nSPS) is 13.7. The number of nitrogens with one attached hydrogen (secondary N) is 1. The zero-order valence-electron chi connectivity index (χ0n) is 9.70. The molecule has 0 bridgehead atoms. The number of imidazole rings is 1. The van der Waals surface area contributed by atoms with Gasteiger partial charge in [0.15, 0.2) is 15.7 Å². The number of nitrogens with zero attached hydrogens (tertiary/aromatic N) is 3. The van der Waals surface area contributed by atoms with Gasteiger partial charge in [0.2, 0.25) is 5.89 Å². The van der Waals surface area contributed by atoms with Gasteiger partial charge in [-0.25, -0.2) is 13.4 Å². The lowest BCUT2D eigenvalue weighted by molar-refractivity contribution is 0.350. The molecule has 2 aromatic heterocycles. The van der Waals surface area contributed by atoms with Gasteiger partial charge in [0.25, 0.3) is 0 Å². The van der Waals surface area contributed by atoms with Gasteiger partial charge in [-0.1, -0.05) is 5.16 Å². The van der Waals surface area contributed by atoms with Crippen LogP contribution in [0, 0.1) is 0 Å². The monoisotopic (exact) mass is 271 g/mol. The van der Waals surface area contributed by atoms with E-state index in [1.165, 1.54) is 0 Å². The van der Waals surface area contributed by atoms with Crippen molar-refractivity contribution in [3.63, 3.8) is 0 Å². The van der Waals surface area contributed by atoms with Crippen molar-refractivity contribution in [3.05, 3.63) is 29.9 Å². The van der Waals surface area contributed by atoms with E-state index in [0.717, 1.165) is 11.9 Å². The molecule has 2 aromatic rings. The Morgan fingerprint density at radius 1 is 1.56 bits per heavy atom. The maximum absolute atomic E-state index is 11.1. The number of aromatic nitrogens is 4. The van der Waals surface area contributed by atoms with Crippen LogP contribution >= 0.6 is 0 Å². The first-order valence-electron chi connectivity index (χ1n) is 5.17. The van der Waals surface area contributed by atoms with Gasteiger partial charge in [-0.3, -0.25) is 0 Å². The Kier molecular flexibility index (Phi) is 3.43. The minimum Gasteiger partial charge on any atom is -0.348 e. The summed E-state index contributed by atoms with van der Waals surface area (Å²) in [5.41, 5.74) is 6.71. The summed E-state index contributed by atoms with van der Waals surface area (Å²) >= 11 is 0. The quantitative estimate of drug-likeness (QED) is 0.755. The fourth-order valence-corrected chi connectivity index (χ4v) is 2.02. The SMILES string of the molecule is CS(=O)(=O)Cc1noc(C(N)Cc2cnc[nH]2)n1. The van der Waals surface area contributed by atoms with E-state index in [4.69, 9.17) is 10.3 Å². The summed E-state index contributed by atoms with van der Waals surface area (Å²) in [6.07, 6.45) is 4.76. The number of nitrogens with two attached hydrogens (primary N) is 1. The molecule has 2 rings (SSSR count). The van der Waals surface area contributed by atoms with E-state index in [0.29, 0.717) is 6.42 Å². The largest absolute Gasteiger partial charge is 0.348 e. The summed E-state index contributed by atoms with van der Waals surface area (Å²) < 4.78 is 27.1. The highest BCUT2D eigenvalue weighted by Crippen LogP contribution is 2.13. The third kappa shape index (κ3) is 3.37. The molecule has 1 atom stereocenters. The Balaban J connectivity index is 2.05. The van der Waals surface area contributed by atoms with Crippen molar-refractivity contribution < 1.29 is 12.9 Å². The molecule has 0 aliphatic heterocycles. The molecular weight excluding hydrogens is 258 g/mol. The molecule has 8 nitrogen and oxygen atoms in total. The van der Waals surface area contributed by atoms with Crippen molar-refractivity contribution in [1.82, 2.24) is 20.1 Å². The van der Waals surface area contributed by atoms with Gasteiger partial charge < -0.3 is 15.2 Å². The molecule has 18 heavy (non-hydrogen) atoms. The fraction of sp³-hybridized carbons (Fsp3) is 0.444. The molecule has 0 spiro atoms. The van der Waals surface area contributed by atoms with Crippen LogP contribution in [0.25, 0.3) is 0 Å². The van der Waals surface area contributed by atoms with Gasteiger partial charge >= 0.3 is 0 Å². The molecule has 2 heterocycles. The van der Waals surface area contributed by atoms with Crippen LogP contribution in [0.1, 0.15) is 23.5 Å². The van der Waals surface area contributed by atoms with E-state index in [9.17, 15) is 8.42 Å². The number of hydrogen-bond acceptors (Lipinski definition) is 7. The first-order chi connectivity index (χ1) is 8.44. The molecule has 0 fully saturated rings. The smallest absolute Gasteiger partial charge is 0.243 e. The number of aromatic amines is 1. The second-order valence-corrected chi connectivity index (χ2v) is 6.15. The Hall–Kier alpha value is -1.74. The predicted octanol–water partition coefficient (Wildman–Crippen LogP) is -0.420. The van der Waals surface area contributed by atoms with E-state index in [-0.39, 0.29) is 17.5 Å². The first kappa shape index (κ1) is 12.7. The minimum absolute atomic E-state index is 0.118. The summed E-state index contributed by atoms with van der Waals surface area (Å²) in [6, 6.07) is -0.494. The Bertz CT molecular complexity index is 604. The van der Waals surface area contributed by atoms with Crippen LogP contribution < -0.4 is 5.73 Å². The fourth-order valence-electron chi connectivity index (χ4n) is 1.43. The summed E-state index contributed by atoms with van der Waals surface area (Å²) in [5, 5.41) is 3.58. The van der Waals surface area contributed by atoms with Crippen LogP contribution in [-0.2, 0) is 22.0 Å². The number of hydrogen-bond donors (Lipinski definition) is 2. The van der Waals surface area contributed by atoms with Crippen LogP contribution in [0.15, 0.2) is 17.0 Å². The lowest BCUT2D eigenvalue weighted by Crippen LogP contribution is -2.14. The third-order valence-corrected chi connectivity index (χ3v) is 2.97. The zero-order chi connectivity index (χ0) is 13.2. The number of sulfone groups is 1. The van der Waals surface area contributed by atoms with Gasteiger partial charge in [0.1, 0.15) is 5.75 Å². The second kappa shape index (κ2) is 4.86. The van der Waals surface area contributed by atoms with Crippen LogP contribution in [-0.4, -0.2) is 34.8 Å². The molecule has 98 valence electrons. The van der Waals surface area contributed by atoms with Crippen molar-refractivity contribution in [1.29, 1.82) is 0 Å². The van der Waals surface area contributed by atoms with Gasteiger partial charge in [0, 0.05) is 24.6 Å². The summed E-state index contributed by atoms with van der Waals surface area (Å²) in [5.74, 6) is 0.0728. The van der Waals surface area contributed by atoms with Gasteiger partial charge in [0.05, 0.1) is 12.4 Å². The molecule has 1 unspecified atom stereocenters. The van der Waals surface area contributed by atoms with E-state index < -0.39 is 15.9 Å². The van der Waals surface area contributed by atoms with Crippen LogP contribution in [0.5, 0.6) is 0 Å². The van der Waals surface area contributed by atoms with Crippen LogP contribution in [0.2, 0.25) is 0 Å². The molecule has 0 amide bonds. The van der Waals surface area contributed by atoms with Crippen LogP contribution in [0.3, 0.4) is 0 Å². The van der Waals surface area contributed by atoms with E-state index in [1.54, 1.807) is 12.5 Å². The van der Waals surface area contributed by atoms with Crippen molar-refractivity contribution in [2.24, 2.45) is 5.73 Å². The Morgan fingerprint density at radius 2 is 2.33 bits per heavy atom. The Morgan fingerprint density at radius 3 is 2.94 bits per heavy atom. The summed E-state index contributed by atoms with van der Waals surface area (Å²) in [7, 11) is -3.18. The van der Waals surface area contributed by atoms with Gasteiger partial charge in [-0.2, -0.15) is 4.98 Å². The van der Waals surface area contributed by atoms with Gasteiger partial charge in [-0.15, -0.1) is 0 Å². The van der Waals surface area contributed by atoms with E-state index in [2.05, 4.69) is 20.1 Å². The lowest BCUT2D eigenvalue weighted by atomic mass is 10.2. The molecule has 0 saturated heterocycles. The maximum Gasteiger partial charge on any atom is 0.243 e. The van der Waals surface area contributed by atoms with E-state index in [1.807, 2.05) is 0 Å². The molecule has 3 N–H and O–H groups in total. The molecule has 0 aliphatic rings. The van der Waals surface area contributed by atoms with Crippen molar-refractivity contribution in [2.75, 3.05) is 6.26 Å². The Labute approximate surface area is 104 Å². The van der Waals surface area contributed by atoms with E-state index >= 15 is 0 Å². The maximum atomic E-state index is 11.1. The van der Waals surface area contributed by atoms with Crippen molar-refractivity contribution in [3.8, 4) is 0 Å². The summed E-state index contributed by atoms with van der Waals surface area (Å²) in [4.78, 5) is 10.7. The summed E-state index contributed by atoms with van der Waals surface area (Å²) in [6.45, 7) is 0. The highest BCUT2D eigenvalue weighted by atomic mass is 32.2. The molecule has 0 saturated carbocycles. The second-order valence-electron chi connectivity index (χ2n) is 4.01. The minimum atomic E-state index is -3.18. The molecule has 0 aromatic carbocycles. The molecule has 9 heteroatoms. The van der Waals surface area contributed by atoms with Crippen molar-refractivity contribution in [2.45, 2.75) is 18.2 Å². The number of H-pyrrole nitrogens is 1.